The van der Waals surface area contributed by atoms with E-state index in [0.717, 1.165) is 19.4 Å². The Morgan fingerprint density at radius 3 is 3.03 bits per heavy atom. The first-order valence-electron chi connectivity index (χ1n) is 9.86. The minimum absolute atomic E-state index is 0.204. The highest BCUT2D eigenvalue weighted by atomic mass is 35.5. The van der Waals surface area contributed by atoms with Gasteiger partial charge in [-0.3, -0.25) is 4.79 Å². The molecule has 2 aromatic heterocycles. The number of aromatic amines is 1. The molecule has 3 heterocycles. The summed E-state index contributed by atoms with van der Waals surface area (Å²) in [6.07, 6.45) is 7.92. The fraction of sp³-hybridized carbons (Fsp3) is 0.318. The van der Waals surface area contributed by atoms with Gasteiger partial charge in [0.25, 0.3) is 0 Å². The van der Waals surface area contributed by atoms with Crippen molar-refractivity contribution in [3.05, 3.63) is 65.0 Å². The summed E-state index contributed by atoms with van der Waals surface area (Å²) >= 11 is 5.73. The Kier molecular flexibility index (Phi) is 4.60. The van der Waals surface area contributed by atoms with Crippen LogP contribution < -0.4 is 5.32 Å². The number of carbonyl (C=O) groups excluding carboxylic acids is 1. The lowest BCUT2D eigenvalue weighted by Crippen LogP contribution is -2.47. The average molecular weight is 408 g/mol. The summed E-state index contributed by atoms with van der Waals surface area (Å²) in [5.41, 5.74) is 4.07. The normalized spacial score (nSPS) is 24.0. The Bertz CT molecular complexity index is 1090. The van der Waals surface area contributed by atoms with Crippen molar-refractivity contribution in [2.45, 2.75) is 24.8 Å². The lowest BCUT2D eigenvalue weighted by atomic mass is 9.72. The summed E-state index contributed by atoms with van der Waals surface area (Å²) in [6, 6.07) is 10.3. The predicted molar refractivity (Wildman–Crippen MR) is 114 cm³/mol. The molecule has 0 spiro atoms. The predicted octanol–water partition coefficient (Wildman–Crippen LogP) is 3.77. The monoisotopic (exact) mass is 407 g/mol. The molecule has 1 aliphatic heterocycles. The van der Waals surface area contributed by atoms with Crippen LogP contribution >= 0.6 is 11.6 Å². The molecule has 29 heavy (non-hydrogen) atoms. The molecule has 6 nitrogen and oxygen atoms in total. The van der Waals surface area contributed by atoms with Crippen LogP contribution in [0.25, 0.3) is 10.9 Å². The minimum Gasteiger partial charge on any atom is -0.361 e. The highest BCUT2D eigenvalue weighted by Gasteiger charge is 2.38. The van der Waals surface area contributed by atoms with Crippen LogP contribution in [0.1, 0.15) is 23.5 Å². The van der Waals surface area contributed by atoms with E-state index in [2.05, 4.69) is 56.8 Å². The van der Waals surface area contributed by atoms with Gasteiger partial charge >= 0.3 is 0 Å². The number of aromatic nitrogens is 3. The Hall–Kier alpha value is -2.70. The quantitative estimate of drug-likeness (QED) is 0.648. The highest BCUT2D eigenvalue weighted by Crippen LogP contribution is 2.44. The smallest absolute Gasteiger partial charge is 0.249 e. The van der Waals surface area contributed by atoms with Crippen LogP contribution in [0.15, 0.2) is 48.7 Å². The standard InChI is InChI=1S/C22H22ClN5O/c1-28-12-13(5-8-21(29)25-20-7-6-19(23)26-27-20)9-16-15-3-2-4-17-22(15)14(11-24-17)10-18(16)28/h2-8,11,13,16,18,24H,9-10,12H2,1H3,(H,25,27,29)/b8-5+/t13-,16?,18-/m1/s1. The Morgan fingerprint density at radius 1 is 1.31 bits per heavy atom. The lowest BCUT2D eigenvalue weighted by Gasteiger charge is -2.45. The third kappa shape index (κ3) is 3.43. The third-order valence-corrected chi connectivity index (χ3v) is 6.36. The maximum absolute atomic E-state index is 12.3. The first kappa shape index (κ1) is 18.3. The van der Waals surface area contributed by atoms with Crippen molar-refractivity contribution in [3.8, 4) is 0 Å². The molecule has 1 fully saturated rings. The number of likely N-dealkylation sites (N-methyl/N-ethyl adjacent to an activating group) is 1. The van der Waals surface area contributed by atoms with Crippen molar-refractivity contribution in [2.75, 3.05) is 18.9 Å². The second-order valence-electron chi connectivity index (χ2n) is 7.99. The van der Waals surface area contributed by atoms with Crippen molar-refractivity contribution in [3.63, 3.8) is 0 Å². The summed E-state index contributed by atoms with van der Waals surface area (Å²) < 4.78 is 0. The van der Waals surface area contributed by atoms with E-state index >= 15 is 0 Å². The fourth-order valence-corrected chi connectivity index (χ4v) is 5.00. The summed E-state index contributed by atoms with van der Waals surface area (Å²) in [5.74, 6) is 0.980. The molecule has 2 N–H and O–H groups in total. The van der Waals surface area contributed by atoms with Gasteiger partial charge in [-0.1, -0.05) is 29.8 Å². The van der Waals surface area contributed by atoms with Gasteiger partial charge in [-0.2, -0.15) is 0 Å². The zero-order valence-electron chi connectivity index (χ0n) is 16.1. The molecular formula is C22H22ClN5O. The van der Waals surface area contributed by atoms with Gasteiger partial charge in [0.1, 0.15) is 0 Å². The molecule has 7 heteroatoms. The molecule has 1 saturated heterocycles. The van der Waals surface area contributed by atoms with Crippen LogP contribution in [0.4, 0.5) is 5.82 Å². The molecule has 1 unspecified atom stereocenters. The van der Waals surface area contributed by atoms with Crippen LogP contribution in [0, 0.1) is 5.92 Å². The largest absolute Gasteiger partial charge is 0.361 e. The zero-order valence-corrected chi connectivity index (χ0v) is 16.9. The van der Waals surface area contributed by atoms with Crippen LogP contribution in [0.2, 0.25) is 5.15 Å². The number of hydrogen-bond donors (Lipinski definition) is 2. The molecule has 3 atom stereocenters. The molecule has 3 aromatic rings. The number of fused-ring (bicyclic) bond motifs is 2. The summed E-state index contributed by atoms with van der Waals surface area (Å²) in [6.45, 7) is 0.946. The van der Waals surface area contributed by atoms with Crippen LogP contribution in [-0.4, -0.2) is 45.6 Å². The number of anilines is 1. The number of nitrogens with zero attached hydrogens (tertiary/aromatic N) is 3. The number of carbonyl (C=O) groups is 1. The third-order valence-electron chi connectivity index (χ3n) is 6.16. The molecular weight excluding hydrogens is 386 g/mol. The Labute approximate surface area is 174 Å². The van der Waals surface area contributed by atoms with Gasteiger partial charge in [-0.25, -0.2) is 0 Å². The van der Waals surface area contributed by atoms with E-state index in [1.807, 2.05) is 6.08 Å². The zero-order chi connectivity index (χ0) is 20.0. The van der Waals surface area contributed by atoms with Crippen molar-refractivity contribution < 1.29 is 4.79 Å². The molecule has 0 bridgehead atoms. The highest BCUT2D eigenvalue weighted by molar-refractivity contribution is 6.29. The summed E-state index contributed by atoms with van der Waals surface area (Å²) in [4.78, 5) is 18.1. The topological polar surface area (TPSA) is 73.9 Å². The Balaban J connectivity index is 1.33. The number of piperidine rings is 1. The van der Waals surface area contributed by atoms with Crippen LogP contribution in [0.5, 0.6) is 0 Å². The van der Waals surface area contributed by atoms with E-state index in [9.17, 15) is 4.79 Å². The van der Waals surface area contributed by atoms with Gasteiger partial charge in [0, 0.05) is 35.6 Å². The van der Waals surface area contributed by atoms with Crippen molar-refractivity contribution in [1.29, 1.82) is 0 Å². The molecule has 1 amide bonds. The number of benzene rings is 1. The first-order chi connectivity index (χ1) is 14.1. The fourth-order valence-electron chi connectivity index (χ4n) is 4.90. The van der Waals surface area contributed by atoms with Gasteiger partial charge in [0.2, 0.25) is 5.91 Å². The van der Waals surface area contributed by atoms with Crippen LogP contribution in [-0.2, 0) is 11.2 Å². The van der Waals surface area contributed by atoms with Crippen molar-refractivity contribution in [1.82, 2.24) is 20.1 Å². The van der Waals surface area contributed by atoms with Crippen molar-refractivity contribution >= 4 is 34.2 Å². The minimum atomic E-state index is -0.204. The maximum atomic E-state index is 12.3. The molecule has 1 aliphatic carbocycles. The maximum Gasteiger partial charge on any atom is 0.249 e. The number of H-pyrrole nitrogens is 1. The van der Waals surface area contributed by atoms with Crippen LogP contribution in [0.3, 0.4) is 0 Å². The number of halogens is 1. The molecule has 1 aromatic carbocycles. The van der Waals surface area contributed by atoms with Gasteiger partial charge in [-0.15, -0.1) is 10.2 Å². The van der Waals surface area contributed by atoms with Gasteiger partial charge < -0.3 is 15.2 Å². The SMILES string of the molecule is CN1C[C@H](/C=C/C(=O)Nc2ccc(Cl)nn2)CC2c3cccc4[nH]cc(c34)C[C@H]21. The average Bonchev–Trinajstić information content (AvgIpc) is 3.13. The van der Waals surface area contributed by atoms with E-state index in [0.29, 0.717) is 28.8 Å². The molecule has 0 saturated carbocycles. The van der Waals surface area contributed by atoms with Gasteiger partial charge in [-0.05, 0) is 61.2 Å². The second kappa shape index (κ2) is 7.28. The number of amides is 1. The van der Waals surface area contributed by atoms with E-state index in [4.69, 9.17) is 11.6 Å². The number of nitrogens with one attached hydrogen (secondary N) is 2. The number of hydrogen-bond acceptors (Lipinski definition) is 4. The first-order valence-corrected chi connectivity index (χ1v) is 10.2. The van der Waals surface area contributed by atoms with Gasteiger partial charge in [0.05, 0.1) is 0 Å². The summed E-state index contributed by atoms with van der Waals surface area (Å²) in [5, 5.41) is 12.0. The molecule has 148 valence electrons. The van der Waals surface area contributed by atoms with E-state index in [-0.39, 0.29) is 5.91 Å². The van der Waals surface area contributed by atoms with E-state index < -0.39 is 0 Å². The Morgan fingerprint density at radius 2 is 2.21 bits per heavy atom. The lowest BCUT2D eigenvalue weighted by molar-refractivity contribution is -0.112. The van der Waals surface area contributed by atoms with E-state index in [1.54, 1.807) is 18.2 Å². The summed E-state index contributed by atoms with van der Waals surface area (Å²) in [7, 11) is 2.19. The molecule has 2 aliphatic rings. The number of likely N-dealkylation sites (tertiary alicyclic amines) is 1. The second-order valence-corrected chi connectivity index (χ2v) is 8.37. The van der Waals surface area contributed by atoms with Gasteiger partial charge in [0.15, 0.2) is 11.0 Å². The number of rotatable bonds is 3. The molecule has 5 rings (SSSR count). The molecule has 0 radical (unpaired) electrons. The van der Waals surface area contributed by atoms with E-state index in [1.165, 1.54) is 22.0 Å². The van der Waals surface area contributed by atoms with Crippen molar-refractivity contribution in [2.24, 2.45) is 5.92 Å².